The summed E-state index contributed by atoms with van der Waals surface area (Å²) in [6.45, 7) is -0.280. The lowest BCUT2D eigenvalue weighted by Crippen LogP contribution is -2.46. The third-order valence-electron chi connectivity index (χ3n) is 4.94. The van der Waals surface area contributed by atoms with Crippen molar-refractivity contribution in [1.82, 2.24) is 10.2 Å². The highest BCUT2D eigenvalue weighted by atomic mass is 32.1. The second-order valence-corrected chi connectivity index (χ2v) is 7.64. The molecule has 1 saturated carbocycles. The molecule has 3 amide bonds. The molecule has 134 valence electrons. The smallest absolute Gasteiger partial charge is 0.262 e. The Bertz CT molecular complexity index is 840. The number of aliphatic hydroxyl groups is 1. The summed E-state index contributed by atoms with van der Waals surface area (Å²) in [6, 6.07) is 10.3. The molecule has 7 heteroatoms. The van der Waals surface area contributed by atoms with Gasteiger partial charge < -0.3 is 10.4 Å². The molecule has 4 rings (SSSR count). The van der Waals surface area contributed by atoms with Crippen molar-refractivity contribution in [3.05, 3.63) is 57.8 Å². The van der Waals surface area contributed by atoms with E-state index in [1.54, 1.807) is 24.3 Å². The Morgan fingerprint density at radius 2 is 1.81 bits per heavy atom. The minimum atomic E-state index is -1.09. The maximum Gasteiger partial charge on any atom is 0.262 e. The molecule has 26 heavy (non-hydrogen) atoms. The van der Waals surface area contributed by atoms with Crippen molar-refractivity contribution in [2.75, 3.05) is 13.1 Å². The molecule has 6 nitrogen and oxygen atoms in total. The van der Waals surface area contributed by atoms with E-state index in [4.69, 9.17) is 0 Å². The number of carbonyl (C=O) groups is 3. The van der Waals surface area contributed by atoms with Gasteiger partial charge in [0.05, 0.1) is 17.7 Å². The zero-order valence-corrected chi connectivity index (χ0v) is 14.8. The highest BCUT2D eigenvalue weighted by Gasteiger charge is 2.46. The van der Waals surface area contributed by atoms with Gasteiger partial charge in [0.25, 0.3) is 11.8 Å². The van der Waals surface area contributed by atoms with Crippen LogP contribution in [0, 0.1) is 5.92 Å². The van der Waals surface area contributed by atoms with Crippen molar-refractivity contribution >= 4 is 29.1 Å². The van der Waals surface area contributed by atoms with Crippen molar-refractivity contribution in [3.8, 4) is 0 Å². The van der Waals surface area contributed by atoms with Crippen LogP contribution in [0.5, 0.6) is 0 Å². The minimum Gasteiger partial charge on any atom is -0.382 e. The molecule has 1 fully saturated rings. The number of rotatable bonds is 6. The molecule has 2 aromatic rings. The SMILES string of the molecule is O=C(CN1C(=O)c2ccccc2C1=O)NCC(O)(c1cccs1)C1CC1. The molecule has 1 unspecified atom stereocenters. The molecule has 2 N–H and O–H groups in total. The number of nitrogens with zero attached hydrogens (tertiary/aromatic N) is 1. The van der Waals surface area contributed by atoms with E-state index >= 15 is 0 Å². The lowest BCUT2D eigenvalue weighted by atomic mass is 9.95. The third-order valence-corrected chi connectivity index (χ3v) is 5.97. The second-order valence-electron chi connectivity index (χ2n) is 6.69. The average molecular weight is 370 g/mol. The predicted molar refractivity (Wildman–Crippen MR) is 95.8 cm³/mol. The highest BCUT2D eigenvalue weighted by Crippen LogP contribution is 2.46. The first-order valence-electron chi connectivity index (χ1n) is 8.49. The Hall–Kier alpha value is -2.51. The molecule has 0 radical (unpaired) electrons. The number of nitrogens with one attached hydrogen (secondary N) is 1. The van der Waals surface area contributed by atoms with Gasteiger partial charge in [-0.15, -0.1) is 11.3 Å². The van der Waals surface area contributed by atoms with Gasteiger partial charge in [-0.1, -0.05) is 18.2 Å². The number of amides is 3. The summed E-state index contributed by atoms with van der Waals surface area (Å²) in [6.07, 6.45) is 1.84. The fourth-order valence-corrected chi connectivity index (χ4v) is 4.24. The molecule has 1 aliphatic carbocycles. The second kappa shape index (κ2) is 6.34. The van der Waals surface area contributed by atoms with Crippen molar-refractivity contribution in [3.63, 3.8) is 0 Å². The van der Waals surface area contributed by atoms with Crippen LogP contribution in [0.1, 0.15) is 38.4 Å². The van der Waals surface area contributed by atoms with Crippen molar-refractivity contribution in [2.45, 2.75) is 18.4 Å². The van der Waals surface area contributed by atoms with E-state index in [2.05, 4.69) is 5.32 Å². The highest BCUT2D eigenvalue weighted by molar-refractivity contribution is 7.10. The van der Waals surface area contributed by atoms with E-state index in [-0.39, 0.29) is 19.0 Å². The van der Waals surface area contributed by atoms with Crippen LogP contribution in [0.4, 0.5) is 0 Å². The Kier molecular flexibility index (Phi) is 4.13. The van der Waals surface area contributed by atoms with Crippen LogP contribution >= 0.6 is 11.3 Å². The minimum absolute atomic E-state index is 0.0696. The lowest BCUT2D eigenvalue weighted by Gasteiger charge is -2.27. The van der Waals surface area contributed by atoms with Gasteiger partial charge in [-0.2, -0.15) is 0 Å². The zero-order valence-electron chi connectivity index (χ0n) is 14.0. The van der Waals surface area contributed by atoms with Gasteiger partial charge in [0.15, 0.2) is 0 Å². The van der Waals surface area contributed by atoms with Gasteiger partial charge in [-0.05, 0) is 42.3 Å². The molecule has 2 heterocycles. The number of hydrogen-bond acceptors (Lipinski definition) is 5. The number of fused-ring (bicyclic) bond motifs is 1. The van der Waals surface area contributed by atoms with E-state index in [9.17, 15) is 19.5 Å². The largest absolute Gasteiger partial charge is 0.382 e. The molecule has 2 aliphatic rings. The van der Waals surface area contributed by atoms with Crippen LogP contribution < -0.4 is 5.32 Å². The molecule has 0 spiro atoms. The average Bonchev–Trinajstić information content (AvgIpc) is 3.32. The summed E-state index contributed by atoms with van der Waals surface area (Å²) in [5, 5.41) is 15.6. The summed E-state index contributed by atoms with van der Waals surface area (Å²) in [7, 11) is 0. The summed E-state index contributed by atoms with van der Waals surface area (Å²) in [5.41, 5.74) is -0.456. The molecule has 0 saturated heterocycles. The van der Waals surface area contributed by atoms with Crippen molar-refractivity contribution in [1.29, 1.82) is 0 Å². The normalized spacial score (nSPS) is 18.6. The fourth-order valence-electron chi connectivity index (χ4n) is 3.33. The first-order valence-corrected chi connectivity index (χ1v) is 9.37. The van der Waals surface area contributed by atoms with E-state index in [1.807, 2.05) is 17.5 Å². The maximum absolute atomic E-state index is 12.3. The lowest BCUT2D eigenvalue weighted by molar-refractivity contribution is -0.123. The molecule has 1 aliphatic heterocycles. The monoisotopic (exact) mass is 370 g/mol. The predicted octanol–water partition coefficient (Wildman–Crippen LogP) is 1.76. The Labute approximate surface area is 154 Å². The van der Waals surface area contributed by atoms with Gasteiger partial charge in [0.1, 0.15) is 12.1 Å². The van der Waals surface area contributed by atoms with Crippen molar-refractivity contribution in [2.24, 2.45) is 5.92 Å². The van der Waals surface area contributed by atoms with E-state index < -0.39 is 23.3 Å². The number of hydrogen-bond donors (Lipinski definition) is 2. The first kappa shape index (κ1) is 16.9. The van der Waals surface area contributed by atoms with Crippen LogP contribution in [0.25, 0.3) is 0 Å². The van der Waals surface area contributed by atoms with Gasteiger partial charge in [-0.3, -0.25) is 19.3 Å². The molecule has 0 bridgehead atoms. The van der Waals surface area contributed by atoms with Crippen LogP contribution in [0.3, 0.4) is 0 Å². The molecular weight excluding hydrogens is 352 g/mol. The molecule has 1 aromatic carbocycles. The van der Waals surface area contributed by atoms with Crippen LogP contribution in [0.2, 0.25) is 0 Å². The number of carbonyl (C=O) groups excluding carboxylic acids is 3. The molecule has 1 aromatic heterocycles. The Morgan fingerprint density at radius 3 is 2.35 bits per heavy atom. The van der Waals surface area contributed by atoms with Gasteiger partial charge >= 0.3 is 0 Å². The molecular formula is C19H18N2O4S. The van der Waals surface area contributed by atoms with E-state index in [0.717, 1.165) is 22.6 Å². The third kappa shape index (κ3) is 2.83. The Morgan fingerprint density at radius 1 is 1.15 bits per heavy atom. The topological polar surface area (TPSA) is 86.7 Å². The van der Waals surface area contributed by atoms with E-state index in [0.29, 0.717) is 11.1 Å². The summed E-state index contributed by atoms with van der Waals surface area (Å²) < 4.78 is 0. The quantitative estimate of drug-likeness (QED) is 0.759. The van der Waals surface area contributed by atoms with Crippen molar-refractivity contribution < 1.29 is 19.5 Å². The van der Waals surface area contributed by atoms with Crippen LogP contribution in [0.15, 0.2) is 41.8 Å². The fraction of sp³-hybridized carbons (Fsp3) is 0.316. The van der Waals surface area contributed by atoms with Gasteiger partial charge in [-0.25, -0.2) is 0 Å². The summed E-state index contributed by atoms with van der Waals surface area (Å²) >= 11 is 1.46. The van der Waals surface area contributed by atoms with Gasteiger partial charge in [0, 0.05) is 4.88 Å². The number of benzene rings is 1. The van der Waals surface area contributed by atoms with E-state index in [1.165, 1.54) is 11.3 Å². The van der Waals surface area contributed by atoms with Crippen LogP contribution in [-0.2, 0) is 10.4 Å². The summed E-state index contributed by atoms with van der Waals surface area (Å²) in [4.78, 5) is 38.8. The zero-order chi connectivity index (χ0) is 18.3. The maximum atomic E-state index is 12.3. The van der Waals surface area contributed by atoms with Crippen LogP contribution in [-0.4, -0.2) is 40.8 Å². The number of thiophene rings is 1. The first-order chi connectivity index (χ1) is 12.5. The summed E-state index contributed by atoms with van der Waals surface area (Å²) in [5.74, 6) is -1.26. The standard InChI is InChI=1S/C19H18N2O4S/c22-16(10-21-17(23)13-4-1-2-5-14(13)18(21)24)20-11-19(25,12-7-8-12)15-6-3-9-26-15/h1-6,9,12,25H,7-8,10-11H2,(H,20,22). The Balaban J connectivity index is 1.42. The van der Waals surface area contributed by atoms with Gasteiger partial charge in [0.2, 0.25) is 5.91 Å². The number of imide groups is 1. The molecule has 1 atom stereocenters.